The summed E-state index contributed by atoms with van der Waals surface area (Å²) in [5.74, 6) is 0.424. The van der Waals surface area contributed by atoms with Gasteiger partial charge >= 0.3 is 6.36 Å². The molecular weight excluding hydrogens is 305 g/mol. The van der Waals surface area contributed by atoms with Crippen LogP contribution >= 0.6 is 0 Å². The summed E-state index contributed by atoms with van der Waals surface area (Å²) in [6.45, 7) is 1.72. The summed E-state index contributed by atoms with van der Waals surface area (Å²) >= 11 is 0. The Morgan fingerprint density at radius 3 is 2.17 bits per heavy atom. The number of ether oxygens (including phenoxy) is 2. The summed E-state index contributed by atoms with van der Waals surface area (Å²) in [4.78, 5) is 0. The van der Waals surface area contributed by atoms with Crippen LogP contribution in [0.2, 0.25) is 0 Å². The highest BCUT2D eigenvalue weighted by Crippen LogP contribution is 2.44. The van der Waals surface area contributed by atoms with Crippen LogP contribution in [0.15, 0.2) is 12.1 Å². The van der Waals surface area contributed by atoms with E-state index in [0.29, 0.717) is 11.5 Å². The fourth-order valence-electron chi connectivity index (χ4n) is 3.88. The van der Waals surface area contributed by atoms with E-state index in [2.05, 4.69) is 4.74 Å². The molecular formula is C18H23F3O2. The number of halogens is 3. The third kappa shape index (κ3) is 3.93. The molecule has 0 N–H and O–H groups in total. The number of hydrogen-bond acceptors (Lipinski definition) is 2. The molecule has 3 rings (SSSR count). The van der Waals surface area contributed by atoms with Crippen molar-refractivity contribution in [3.8, 4) is 11.5 Å². The topological polar surface area (TPSA) is 18.5 Å². The summed E-state index contributed by atoms with van der Waals surface area (Å²) in [6.07, 6.45) is 3.58. The third-order valence-corrected chi connectivity index (χ3v) is 5.02. The fourth-order valence-corrected chi connectivity index (χ4v) is 3.88. The van der Waals surface area contributed by atoms with Crippen molar-refractivity contribution in [2.24, 2.45) is 0 Å². The minimum absolute atomic E-state index is 0.00214. The molecule has 5 heteroatoms. The highest BCUT2D eigenvalue weighted by molar-refractivity contribution is 5.51. The molecule has 2 saturated carbocycles. The second-order valence-corrected chi connectivity index (χ2v) is 6.66. The lowest BCUT2D eigenvalue weighted by Gasteiger charge is -2.22. The lowest BCUT2D eigenvalue weighted by atomic mass is 9.92. The lowest BCUT2D eigenvalue weighted by Crippen LogP contribution is -2.20. The first-order valence-electron chi connectivity index (χ1n) is 8.50. The first-order valence-corrected chi connectivity index (χ1v) is 8.50. The Morgan fingerprint density at radius 2 is 1.57 bits per heavy atom. The van der Waals surface area contributed by atoms with Gasteiger partial charge in [-0.2, -0.15) is 0 Å². The fraction of sp³-hybridized carbons (Fsp3) is 0.667. The maximum atomic E-state index is 12.8. The number of hydrogen-bond donors (Lipinski definition) is 0. The predicted octanol–water partition coefficient (Wildman–Crippen LogP) is 5.87. The van der Waals surface area contributed by atoms with Gasteiger partial charge in [-0.05, 0) is 68.6 Å². The quantitative estimate of drug-likeness (QED) is 0.688. The van der Waals surface area contributed by atoms with E-state index in [1.165, 1.54) is 0 Å². The zero-order valence-electron chi connectivity index (χ0n) is 13.4. The van der Waals surface area contributed by atoms with Crippen molar-refractivity contribution in [2.75, 3.05) is 0 Å². The Kier molecular flexibility index (Phi) is 4.74. The molecule has 0 amide bonds. The average molecular weight is 328 g/mol. The summed E-state index contributed by atoms with van der Waals surface area (Å²) < 4.78 is 48.7. The van der Waals surface area contributed by atoms with Gasteiger partial charge in [0, 0.05) is 0 Å². The van der Waals surface area contributed by atoms with E-state index in [4.69, 9.17) is 4.74 Å². The van der Waals surface area contributed by atoms with Crippen molar-refractivity contribution >= 4 is 0 Å². The summed E-state index contributed by atoms with van der Waals surface area (Å²) in [7, 11) is 0. The van der Waals surface area contributed by atoms with E-state index >= 15 is 0 Å². The van der Waals surface area contributed by atoms with Gasteiger partial charge in [0.25, 0.3) is 0 Å². The maximum Gasteiger partial charge on any atom is 0.573 e. The van der Waals surface area contributed by atoms with Crippen molar-refractivity contribution in [3.63, 3.8) is 0 Å². The van der Waals surface area contributed by atoms with Crippen LogP contribution in [0.5, 0.6) is 11.5 Å². The maximum absolute atomic E-state index is 12.8. The van der Waals surface area contributed by atoms with E-state index < -0.39 is 6.36 Å². The summed E-state index contributed by atoms with van der Waals surface area (Å²) in [5.41, 5.74) is 1.55. The van der Waals surface area contributed by atoms with Gasteiger partial charge in [0.15, 0.2) is 11.5 Å². The zero-order valence-corrected chi connectivity index (χ0v) is 13.4. The van der Waals surface area contributed by atoms with E-state index in [1.807, 2.05) is 6.07 Å². The Balaban J connectivity index is 1.92. The molecule has 2 nitrogen and oxygen atoms in total. The Bertz CT molecular complexity index is 542. The molecule has 0 spiro atoms. The van der Waals surface area contributed by atoms with Crippen LogP contribution in [-0.2, 0) is 0 Å². The highest BCUT2D eigenvalue weighted by atomic mass is 19.4. The summed E-state index contributed by atoms with van der Waals surface area (Å²) in [6, 6.07) is 3.60. The van der Waals surface area contributed by atoms with Crippen LogP contribution in [-0.4, -0.2) is 12.5 Å². The van der Waals surface area contributed by atoms with Crippen molar-refractivity contribution in [1.29, 1.82) is 0 Å². The van der Waals surface area contributed by atoms with Gasteiger partial charge in [0.2, 0.25) is 0 Å². The Hall–Kier alpha value is -1.39. The summed E-state index contributed by atoms with van der Waals surface area (Å²) in [5, 5.41) is 0. The second kappa shape index (κ2) is 6.62. The van der Waals surface area contributed by atoms with Crippen molar-refractivity contribution in [3.05, 3.63) is 23.3 Å². The molecule has 0 aliphatic heterocycles. The van der Waals surface area contributed by atoms with Crippen LogP contribution in [0.25, 0.3) is 0 Å². The molecule has 128 valence electrons. The minimum atomic E-state index is -4.70. The molecule has 0 atom stereocenters. The van der Waals surface area contributed by atoms with E-state index in [0.717, 1.165) is 56.9 Å². The molecule has 2 aliphatic carbocycles. The third-order valence-electron chi connectivity index (χ3n) is 5.02. The van der Waals surface area contributed by atoms with Gasteiger partial charge in [-0.15, -0.1) is 13.2 Å². The number of alkyl halides is 3. The number of benzene rings is 1. The van der Waals surface area contributed by atoms with Crippen LogP contribution in [0.4, 0.5) is 13.2 Å². The van der Waals surface area contributed by atoms with Gasteiger partial charge in [0.05, 0.1) is 6.10 Å². The first-order chi connectivity index (χ1) is 10.9. The van der Waals surface area contributed by atoms with Crippen LogP contribution in [0.3, 0.4) is 0 Å². The van der Waals surface area contributed by atoms with E-state index in [9.17, 15) is 13.2 Å². The first kappa shape index (κ1) is 16.5. The molecule has 1 aromatic rings. The van der Waals surface area contributed by atoms with Gasteiger partial charge in [-0.1, -0.05) is 18.9 Å². The second-order valence-electron chi connectivity index (χ2n) is 6.66. The molecule has 0 bridgehead atoms. The predicted molar refractivity (Wildman–Crippen MR) is 82.0 cm³/mol. The van der Waals surface area contributed by atoms with Gasteiger partial charge in [-0.25, -0.2) is 0 Å². The normalized spacial score (nSPS) is 20.2. The SMILES string of the molecule is Cc1c(C2CCCC2)ccc(OC2CCCC2)c1OC(F)(F)F. The van der Waals surface area contributed by atoms with Crippen molar-refractivity contribution in [2.45, 2.75) is 76.7 Å². The largest absolute Gasteiger partial charge is 0.573 e. The van der Waals surface area contributed by atoms with E-state index in [1.54, 1.807) is 13.0 Å². The zero-order chi connectivity index (χ0) is 16.4. The standard InChI is InChI=1S/C18H23F3O2/c1-12-15(13-6-2-3-7-13)10-11-16(17(12)23-18(19,20)21)22-14-8-4-5-9-14/h10-11,13-14H,2-9H2,1H3. The Labute approximate surface area is 135 Å². The Morgan fingerprint density at radius 1 is 0.957 bits per heavy atom. The number of rotatable bonds is 4. The molecule has 0 heterocycles. The smallest absolute Gasteiger partial charge is 0.487 e. The molecule has 2 fully saturated rings. The minimum Gasteiger partial charge on any atom is -0.487 e. The van der Waals surface area contributed by atoms with E-state index in [-0.39, 0.29) is 17.6 Å². The molecule has 0 unspecified atom stereocenters. The van der Waals surface area contributed by atoms with Gasteiger partial charge < -0.3 is 9.47 Å². The molecule has 1 aromatic carbocycles. The van der Waals surface area contributed by atoms with Crippen molar-refractivity contribution in [1.82, 2.24) is 0 Å². The van der Waals surface area contributed by atoms with Crippen LogP contribution in [0, 0.1) is 6.92 Å². The monoisotopic (exact) mass is 328 g/mol. The van der Waals surface area contributed by atoms with Crippen molar-refractivity contribution < 1.29 is 22.6 Å². The average Bonchev–Trinajstić information content (AvgIpc) is 3.15. The van der Waals surface area contributed by atoms with Crippen LogP contribution in [0.1, 0.15) is 68.4 Å². The molecule has 2 aliphatic rings. The highest BCUT2D eigenvalue weighted by Gasteiger charge is 2.35. The molecule has 23 heavy (non-hydrogen) atoms. The van der Waals surface area contributed by atoms with Crippen LogP contribution < -0.4 is 9.47 Å². The van der Waals surface area contributed by atoms with Gasteiger partial charge in [-0.3, -0.25) is 0 Å². The lowest BCUT2D eigenvalue weighted by molar-refractivity contribution is -0.275. The van der Waals surface area contributed by atoms with Gasteiger partial charge in [0.1, 0.15) is 0 Å². The molecule has 0 radical (unpaired) electrons. The molecule has 0 saturated heterocycles. The molecule has 0 aromatic heterocycles.